The fourth-order valence-electron chi connectivity index (χ4n) is 2.48. The van der Waals surface area contributed by atoms with Crippen molar-refractivity contribution >= 4 is 22.6 Å². The number of fused-ring (bicyclic) bond motifs is 1. The van der Waals surface area contributed by atoms with Gasteiger partial charge in [0.25, 0.3) is 0 Å². The van der Waals surface area contributed by atoms with Crippen molar-refractivity contribution in [2.24, 2.45) is 0 Å². The Morgan fingerprint density at radius 3 is 2.46 bits per heavy atom. The fraction of sp³-hybridized carbons (Fsp3) is 0.167. The molecule has 0 aliphatic rings. The van der Waals surface area contributed by atoms with Gasteiger partial charge in [0.05, 0.1) is 19.6 Å². The van der Waals surface area contributed by atoms with E-state index in [4.69, 9.17) is 25.5 Å². The van der Waals surface area contributed by atoms with E-state index in [1.165, 1.54) is 20.3 Å². The molecule has 3 rings (SSSR count). The van der Waals surface area contributed by atoms with Gasteiger partial charge >= 0.3 is 0 Å². The van der Waals surface area contributed by atoms with Gasteiger partial charge in [0.15, 0.2) is 17.3 Å². The molecule has 6 heteroatoms. The van der Waals surface area contributed by atoms with Crippen molar-refractivity contribution in [3.8, 4) is 28.6 Å². The predicted octanol–water partition coefficient (Wildman–Crippen LogP) is 4.14. The summed E-state index contributed by atoms with van der Waals surface area (Å²) in [6.45, 7) is 1.81. The van der Waals surface area contributed by atoms with E-state index in [2.05, 4.69) is 0 Å². The molecule has 1 heterocycles. The average molecular weight is 347 g/mol. The van der Waals surface area contributed by atoms with Gasteiger partial charge in [0.1, 0.15) is 5.58 Å². The van der Waals surface area contributed by atoms with Crippen LogP contribution in [-0.2, 0) is 0 Å². The van der Waals surface area contributed by atoms with Crippen LogP contribution in [0.1, 0.15) is 5.56 Å². The average Bonchev–Trinajstić information content (AvgIpc) is 2.59. The van der Waals surface area contributed by atoms with E-state index in [0.717, 1.165) is 5.56 Å². The topological polar surface area (TPSA) is 68.9 Å². The number of aromatic hydroxyl groups is 1. The largest absolute Gasteiger partial charge is 0.502 e. The highest BCUT2D eigenvalue weighted by molar-refractivity contribution is 6.32. The Hall–Kier alpha value is -2.66. The molecule has 0 spiro atoms. The number of aryl methyl sites for hydroxylation is 1. The van der Waals surface area contributed by atoms with Gasteiger partial charge in [-0.05, 0) is 42.8 Å². The Balaban J connectivity index is 2.29. The molecular formula is C18H15ClO5. The van der Waals surface area contributed by atoms with E-state index in [-0.39, 0.29) is 11.1 Å². The summed E-state index contributed by atoms with van der Waals surface area (Å²) in [7, 11) is 3.03. The van der Waals surface area contributed by atoms with Crippen LogP contribution >= 0.6 is 11.6 Å². The molecule has 0 aliphatic heterocycles. The first kappa shape index (κ1) is 16.2. The second kappa shape index (κ2) is 6.09. The van der Waals surface area contributed by atoms with Gasteiger partial charge in [-0.2, -0.15) is 0 Å². The summed E-state index contributed by atoms with van der Waals surface area (Å²) in [5.41, 5.74) is 1.08. The summed E-state index contributed by atoms with van der Waals surface area (Å²) in [5.74, 6) is 0.584. The Kier molecular flexibility index (Phi) is 4.11. The lowest BCUT2D eigenvalue weighted by atomic mass is 10.1. The molecule has 24 heavy (non-hydrogen) atoms. The van der Waals surface area contributed by atoms with Crippen LogP contribution in [0.15, 0.2) is 39.5 Å². The van der Waals surface area contributed by atoms with E-state index < -0.39 is 11.2 Å². The van der Waals surface area contributed by atoms with Gasteiger partial charge in [-0.15, -0.1) is 0 Å². The first-order valence-corrected chi connectivity index (χ1v) is 7.52. The molecule has 0 amide bonds. The van der Waals surface area contributed by atoms with Gasteiger partial charge in [0, 0.05) is 10.6 Å². The molecule has 1 N–H and O–H groups in total. The van der Waals surface area contributed by atoms with Gasteiger partial charge in [-0.3, -0.25) is 4.79 Å². The van der Waals surface area contributed by atoms with Crippen LogP contribution in [-0.4, -0.2) is 19.3 Å². The molecule has 0 bridgehead atoms. The normalized spacial score (nSPS) is 10.8. The molecule has 124 valence electrons. The van der Waals surface area contributed by atoms with Crippen molar-refractivity contribution < 1.29 is 19.0 Å². The van der Waals surface area contributed by atoms with Crippen LogP contribution in [0.5, 0.6) is 17.2 Å². The molecule has 0 radical (unpaired) electrons. The molecule has 0 atom stereocenters. The minimum Gasteiger partial charge on any atom is -0.502 e. The summed E-state index contributed by atoms with van der Waals surface area (Å²) in [5, 5.41) is 10.9. The minimum absolute atomic E-state index is 0.0650. The zero-order chi connectivity index (χ0) is 17.4. The lowest BCUT2D eigenvalue weighted by molar-refractivity contribution is 0.355. The van der Waals surface area contributed by atoms with Crippen molar-refractivity contribution in [3.63, 3.8) is 0 Å². The van der Waals surface area contributed by atoms with E-state index in [9.17, 15) is 9.90 Å². The summed E-state index contributed by atoms with van der Waals surface area (Å²) in [4.78, 5) is 12.4. The van der Waals surface area contributed by atoms with Gasteiger partial charge < -0.3 is 19.0 Å². The van der Waals surface area contributed by atoms with Crippen molar-refractivity contribution in [2.75, 3.05) is 14.2 Å². The smallest absolute Gasteiger partial charge is 0.235 e. The van der Waals surface area contributed by atoms with E-state index in [0.29, 0.717) is 27.7 Å². The quantitative estimate of drug-likeness (QED) is 0.771. The second-order valence-corrected chi connectivity index (χ2v) is 5.68. The third-order valence-electron chi connectivity index (χ3n) is 3.79. The standard InChI is InChI=1S/C18H15ClO5/c1-9-6-14-11(8-12(9)19)16(20)17(21)18(24-14)10-4-5-13(22-2)15(7-10)23-3/h4-8,21H,1-3H3. The lowest BCUT2D eigenvalue weighted by Crippen LogP contribution is -2.03. The van der Waals surface area contributed by atoms with Gasteiger partial charge in [-0.25, -0.2) is 0 Å². The van der Waals surface area contributed by atoms with E-state index in [1.807, 2.05) is 6.92 Å². The molecule has 3 aromatic rings. The molecule has 0 fully saturated rings. The number of hydrogen-bond donors (Lipinski definition) is 1. The Labute approximate surface area is 143 Å². The van der Waals surface area contributed by atoms with Crippen LogP contribution in [0.4, 0.5) is 0 Å². The first-order valence-electron chi connectivity index (χ1n) is 7.14. The van der Waals surface area contributed by atoms with Crippen LogP contribution in [0.25, 0.3) is 22.3 Å². The highest BCUT2D eigenvalue weighted by Crippen LogP contribution is 2.36. The lowest BCUT2D eigenvalue weighted by Gasteiger charge is -2.11. The molecule has 0 unspecified atom stereocenters. The van der Waals surface area contributed by atoms with E-state index in [1.54, 1.807) is 24.3 Å². The summed E-state index contributed by atoms with van der Waals surface area (Å²) >= 11 is 6.05. The maximum atomic E-state index is 12.4. The Morgan fingerprint density at radius 2 is 1.79 bits per heavy atom. The number of halogens is 1. The van der Waals surface area contributed by atoms with Crippen molar-refractivity contribution in [1.29, 1.82) is 0 Å². The van der Waals surface area contributed by atoms with E-state index >= 15 is 0 Å². The fourth-order valence-corrected chi connectivity index (χ4v) is 2.64. The molecule has 0 saturated heterocycles. The van der Waals surface area contributed by atoms with Gasteiger partial charge in [-0.1, -0.05) is 11.6 Å². The van der Waals surface area contributed by atoms with Crippen LogP contribution in [0.2, 0.25) is 5.02 Å². The molecule has 0 aliphatic carbocycles. The van der Waals surface area contributed by atoms with Crippen LogP contribution in [0, 0.1) is 6.92 Å². The van der Waals surface area contributed by atoms with Crippen LogP contribution in [0.3, 0.4) is 0 Å². The number of methoxy groups -OCH3 is 2. The number of rotatable bonds is 3. The van der Waals surface area contributed by atoms with Gasteiger partial charge in [0.2, 0.25) is 11.2 Å². The second-order valence-electron chi connectivity index (χ2n) is 5.28. The third kappa shape index (κ3) is 2.57. The summed E-state index contributed by atoms with van der Waals surface area (Å²) in [6.07, 6.45) is 0. The monoisotopic (exact) mass is 346 g/mol. The summed E-state index contributed by atoms with van der Waals surface area (Å²) < 4.78 is 16.2. The highest BCUT2D eigenvalue weighted by Gasteiger charge is 2.18. The molecule has 0 saturated carbocycles. The predicted molar refractivity (Wildman–Crippen MR) is 92.4 cm³/mol. The van der Waals surface area contributed by atoms with Crippen molar-refractivity contribution in [2.45, 2.75) is 6.92 Å². The molecular weight excluding hydrogens is 332 g/mol. The zero-order valence-corrected chi connectivity index (χ0v) is 14.1. The third-order valence-corrected chi connectivity index (χ3v) is 4.20. The zero-order valence-electron chi connectivity index (χ0n) is 13.3. The van der Waals surface area contributed by atoms with Crippen molar-refractivity contribution in [1.82, 2.24) is 0 Å². The Morgan fingerprint density at radius 1 is 1.08 bits per heavy atom. The SMILES string of the molecule is COc1ccc(-c2oc3cc(C)c(Cl)cc3c(=O)c2O)cc1OC. The summed E-state index contributed by atoms with van der Waals surface area (Å²) in [6, 6.07) is 8.14. The molecule has 2 aromatic carbocycles. The minimum atomic E-state index is -0.539. The maximum Gasteiger partial charge on any atom is 0.235 e. The van der Waals surface area contributed by atoms with Crippen LogP contribution < -0.4 is 14.9 Å². The Bertz CT molecular complexity index is 991. The first-order chi connectivity index (χ1) is 11.5. The maximum absolute atomic E-state index is 12.4. The highest BCUT2D eigenvalue weighted by atomic mass is 35.5. The number of hydrogen-bond acceptors (Lipinski definition) is 5. The number of ether oxygens (including phenoxy) is 2. The van der Waals surface area contributed by atoms with Crippen molar-refractivity contribution in [3.05, 3.63) is 51.1 Å². The molecule has 1 aromatic heterocycles. The molecule has 5 nitrogen and oxygen atoms in total. The number of benzene rings is 2.